The van der Waals surface area contributed by atoms with E-state index in [0.29, 0.717) is 18.0 Å². The summed E-state index contributed by atoms with van der Waals surface area (Å²) >= 11 is 0. The van der Waals surface area contributed by atoms with Crippen molar-refractivity contribution in [3.8, 4) is 0 Å². The van der Waals surface area contributed by atoms with Crippen molar-refractivity contribution >= 4 is 11.9 Å². The van der Waals surface area contributed by atoms with Crippen LogP contribution in [-0.4, -0.2) is 37.9 Å². The Morgan fingerprint density at radius 2 is 2.30 bits per heavy atom. The topological polar surface area (TPSA) is 27.6 Å². The monoisotopic (exact) mass is 309 g/mol. The van der Waals surface area contributed by atoms with E-state index in [-0.39, 0.29) is 0 Å². The molecular weight excluding hydrogens is 282 g/mol. The number of nitrogens with one attached hydrogen (secondary N) is 1. The smallest absolute Gasteiger partial charge is 0.0550 e. The summed E-state index contributed by atoms with van der Waals surface area (Å²) in [6, 6.07) is 8.18. The van der Waals surface area contributed by atoms with Crippen LogP contribution in [0.15, 0.2) is 35.3 Å². The molecule has 1 aromatic rings. The van der Waals surface area contributed by atoms with Crippen LogP contribution in [0, 0.1) is 6.92 Å². The summed E-state index contributed by atoms with van der Waals surface area (Å²) in [7, 11) is 0. The number of anilines is 1. The summed E-state index contributed by atoms with van der Waals surface area (Å²) in [6.07, 6.45) is 11.1. The van der Waals surface area contributed by atoms with Crippen molar-refractivity contribution < 1.29 is 0 Å². The third kappa shape index (κ3) is 2.94. The van der Waals surface area contributed by atoms with Crippen molar-refractivity contribution in [3.05, 3.63) is 41.5 Å². The average molecular weight is 309 g/mol. The summed E-state index contributed by atoms with van der Waals surface area (Å²) in [5.41, 5.74) is 4.43. The molecule has 122 valence electrons. The van der Waals surface area contributed by atoms with Gasteiger partial charge in [-0.25, -0.2) is 0 Å². The predicted molar refractivity (Wildman–Crippen MR) is 97.8 cm³/mol. The van der Waals surface area contributed by atoms with Gasteiger partial charge in [0.15, 0.2) is 0 Å². The number of allylic oxidation sites excluding steroid dienone is 1. The van der Waals surface area contributed by atoms with E-state index in [1.165, 1.54) is 30.6 Å². The Hall–Kier alpha value is -1.61. The fourth-order valence-electron chi connectivity index (χ4n) is 4.43. The van der Waals surface area contributed by atoms with Gasteiger partial charge in [-0.15, -0.1) is 0 Å². The maximum atomic E-state index is 4.63. The Balaban J connectivity index is 1.57. The van der Waals surface area contributed by atoms with Crippen molar-refractivity contribution in [2.45, 2.75) is 50.6 Å². The molecule has 1 saturated heterocycles. The second kappa shape index (κ2) is 6.48. The number of rotatable bonds is 3. The quantitative estimate of drug-likeness (QED) is 0.926. The maximum Gasteiger partial charge on any atom is 0.0550 e. The second-order valence-electron chi connectivity index (χ2n) is 7.18. The van der Waals surface area contributed by atoms with E-state index in [4.69, 9.17) is 0 Å². The summed E-state index contributed by atoms with van der Waals surface area (Å²) in [4.78, 5) is 7.33. The Labute approximate surface area is 139 Å². The van der Waals surface area contributed by atoms with Crippen molar-refractivity contribution in [3.63, 3.8) is 0 Å². The normalized spacial score (nSPS) is 29.3. The van der Waals surface area contributed by atoms with Crippen LogP contribution in [0.4, 0.5) is 5.69 Å². The van der Waals surface area contributed by atoms with Crippen LogP contribution in [0.5, 0.6) is 0 Å². The summed E-state index contributed by atoms with van der Waals surface area (Å²) in [5, 5.41) is 3.65. The Kier molecular flexibility index (Phi) is 4.21. The SMILES string of the molecule is Cc1ccc2c(c1)[C@@H]1CNCCC[C@@H]1N2CCC1CC=CC=N1. The zero-order chi connectivity index (χ0) is 15.6. The lowest BCUT2D eigenvalue weighted by atomic mass is 9.92. The molecular formula is C20H27N3. The van der Waals surface area contributed by atoms with Crippen molar-refractivity contribution in [1.29, 1.82) is 0 Å². The zero-order valence-corrected chi connectivity index (χ0v) is 14.0. The molecule has 0 radical (unpaired) electrons. The van der Waals surface area contributed by atoms with Gasteiger partial charge in [-0.1, -0.05) is 23.8 Å². The molecule has 0 aliphatic carbocycles. The standard InChI is InChI=1S/C20H27N3/c1-15-7-8-20-17(13-15)18-14-21-10-4-6-19(18)23(20)12-9-16-5-2-3-11-22-16/h2-3,7-8,11,13,16,18-19,21H,4-6,9-10,12,14H2,1H3/t16?,18-,19-/m0/s1. The van der Waals surface area contributed by atoms with Gasteiger partial charge in [-0.3, -0.25) is 4.99 Å². The average Bonchev–Trinajstić information content (AvgIpc) is 2.73. The van der Waals surface area contributed by atoms with Gasteiger partial charge in [0, 0.05) is 37.0 Å². The maximum absolute atomic E-state index is 4.63. The second-order valence-corrected chi connectivity index (χ2v) is 7.18. The van der Waals surface area contributed by atoms with Crippen LogP contribution in [-0.2, 0) is 0 Å². The number of fused-ring (bicyclic) bond motifs is 3. The first-order valence-electron chi connectivity index (χ1n) is 9.09. The fourth-order valence-corrected chi connectivity index (χ4v) is 4.43. The highest BCUT2D eigenvalue weighted by atomic mass is 15.2. The minimum atomic E-state index is 0.469. The molecule has 3 aliphatic rings. The van der Waals surface area contributed by atoms with Gasteiger partial charge >= 0.3 is 0 Å². The number of hydrogen-bond donors (Lipinski definition) is 1. The van der Waals surface area contributed by atoms with E-state index < -0.39 is 0 Å². The third-order valence-corrected chi connectivity index (χ3v) is 5.60. The van der Waals surface area contributed by atoms with Crippen LogP contribution >= 0.6 is 0 Å². The lowest BCUT2D eigenvalue weighted by Crippen LogP contribution is -2.37. The van der Waals surface area contributed by atoms with Gasteiger partial charge in [-0.2, -0.15) is 0 Å². The molecule has 1 aromatic carbocycles. The first-order valence-corrected chi connectivity index (χ1v) is 9.09. The molecule has 0 aromatic heterocycles. The number of dihydropyridines is 1. The highest BCUT2D eigenvalue weighted by molar-refractivity contribution is 5.72. The summed E-state index contributed by atoms with van der Waals surface area (Å²) in [5.74, 6) is 0.655. The van der Waals surface area contributed by atoms with E-state index >= 15 is 0 Å². The number of aryl methyl sites for hydroxylation is 1. The number of aliphatic imine (C=N–C) groups is 1. The predicted octanol–water partition coefficient (Wildman–Crippen LogP) is 3.44. The first kappa shape index (κ1) is 14.9. The van der Waals surface area contributed by atoms with Crippen LogP contribution in [0.1, 0.15) is 42.7 Å². The number of hydrogen-bond acceptors (Lipinski definition) is 3. The molecule has 3 heteroatoms. The lowest BCUT2D eigenvalue weighted by molar-refractivity contribution is 0.493. The third-order valence-electron chi connectivity index (χ3n) is 5.60. The van der Waals surface area contributed by atoms with E-state index in [2.05, 4.69) is 52.5 Å². The minimum Gasteiger partial charge on any atom is -0.368 e. The molecule has 0 saturated carbocycles. The Bertz CT molecular complexity index is 619. The van der Waals surface area contributed by atoms with Crippen molar-refractivity contribution in [2.75, 3.05) is 24.5 Å². The van der Waals surface area contributed by atoms with Gasteiger partial charge in [0.1, 0.15) is 0 Å². The number of benzene rings is 1. The minimum absolute atomic E-state index is 0.469. The molecule has 3 nitrogen and oxygen atoms in total. The van der Waals surface area contributed by atoms with Crippen LogP contribution in [0.25, 0.3) is 0 Å². The van der Waals surface area contributed by atoms with Gasteiger partial charge in [0.05, 0.1) is 6.04 Å². The van der Waals surface area contributed by atoms with Crippen molar-refractivity contribution in [1.82, 2.24) is 5.32 Å². The fraction of sp³-hybridized carbons (Fsp3) is 0.550. The highest BCUT2D eigenvalue weighted by Gasteiger charge is 2.38. The first-order chi connectivity index (χ1) is 11.3. The lowest BCUT2D eigenvalue weighted by Gasteiger charge is -2.30. The summed E-state index contributed by atoms with van der Waals surface area (Å²) < 4.78 is 0. The van der Waals surface area contributed by atoms with Gasteiger partial charge in [-0.05, 0) is 56.9 Å². The van der Waals surface area contributed by atoms with E-state index in [0.717, 1.165) is 25.9 Å². The molecule has 1 unspecified atom stereocenters. The molecule has 1 N–H and O–H groups in total. The van der Waals surface area contributed by atoms with Crippen LogP contribution in [0.2, 0.25) is 0 Å². The number of nitrogens with zero attached hydrogens (tertiary/aromatic N) is 2. The van der Waals surface area contributed by atoms with E-state index in [1.54, 1.807) is 5.56 Å². The van der Waals surface area contributed by atoms with Crippen molar-refractivity contribution in [2.24, 2.45) is 4.99 Å². The largest absolute Gasteiger partial charge is 0.368 e. The Morgan fingerprint density at radius 1 is 1.35 bits per heavy atom. The molecule has 0 bridgehead atoms. The van der Waals surface area contributed by atoms with Gasteiger partial charge < -0.3 is 10.2 Å². The molecule has 4 rings (SSSR count). The van der Waals surface area contributed by atoms with Crippen LogP contribution < -0.4 is 10.2 Å². The highest BCUT2D eigenvalue weighted by Crippen LogP contribution is 2.43. The molecule has 0 amide bonds. The molecule has 23 heavy (non-hydrogen) atoms. The van der Waals surface area contributed by atoms with E-state index in [1.807, 2.05) is 6.21 Å². The molecule has 0 spiro atoms. The molecule has 1 fully saturated rings. The molecule has 3 heterocycles. The van der Waals surface area contributed by atoms with Crippen LogP contribution in [0.3, 0.4) is 0 Å². The van der Waals surface area contributed by atoms with E-state index in [9.17, 15) is 0 Å². The zero-order valence-electron chi connectivity index (χ0n) is 14.0. The summed E-state index contributed by atoms with van der Waals surface area (Å²) in [6.45, 7) is 5.64. The molecule has 3 aliphatic heterocycles. The van der Waals surface area contributed by atoms with Gasteiger partial charge in [0.2, 0.25) is 0 Å². The molecule has 3 atom stereocenters. The Morgan fingerprint density at radius 3 is 3.17 bits per heavy atom. The van der Waals surface area contributed by atoms with Gasteiger partial charge in [0.25, 0.3) is 0 Å².